The third-order valence-corrected chi connectivity index (χ3v) is 3.57. The molecule has 2 aromatic heterocycles. The van der Waals surface area contributed by atoms with Crippen molar-refractivity contribution in [3.63, 3.8) is 0 Å². The van der Waals surface area contributed by atoms with E-state index in [0.717, 1.165) is 12.2 Å². The Morgan fingerprint density at radius 2 is 2.26 bits per heavy atom. The lowest BCUT2D eigenvalue weighted by molar-refractivity contribution is 0.0944. The van der Waals surface area contributed by atoms with E-state index in [9.17, 15) is 4.79 Å². The normalized spacial score (nSPS) is 11.5. The van der Waals surface area contributed by atoms with E-state index in [4.69, 9.17) is 0 Å². The molecule has 0 aliphatic heterocycles. The van der Waals surface area contributed by atoms with Crippen molar-refractivity contribution in [2.24, 2.45) is 0 Å². The number of aromatic amines is 1. The van der Waals surface area contributed by atoms with Gasteiger partial charge in [-0.1, -0.05) is 26.8 Å². The molecule has 0 unspecified atom stereocenters. The number of carbonyl (C=O) groups is 1. The van der Waals surface area contributed by atoms with E-state index in [-0.39, 0.29) is 17.1 Å². The van der Waals surface area contributed by atoms with E-state index in [2.05, 4.69) is 26.6 Å². The Labute approximate surface area is 116 Å². The first kappa shape index (κ1) is 13.7. The molecule has 0 saturated carbocycles. The molecule has 5 nitrogen and oxygen atoms in total. The number of thiophene rings is 1. The first-order valence-corrected chi connectivity index (χ1v) is 7.08. The lowest BCUT2D eigenvalue weighted by atomic mass is 9.96. The van der Waals surface area contributed by atoms with Crippen LogP contribution in [0.15, 0.2) is 17.5 Å². The summed E-state index contributed by atoms with van der Waals surface area (Å²) >= 11 is 1.69. The average Bonchev–Trinajstić information content (AvgIpc) is 2.99. The smallest absolute Gasteiger partial charge is 0.290 e. The standard InChI is InChI=1S/C13H18N4OS/c1-13(2,3)12-15-10(16-17-12)11(18)14-7-6-9-5-4-8-19-9/h4-5,8H,6-7H2,1-3H3,(H,14,18)(H,15,16,17). The zero-order valence-corrected chi connectivity index (χ0v) is 12.2. The van der Waals surface area contributed by atoms with Crippen LogP contribution >= 0.6 is 11.3 Å². The van der Waals surface area contributed by atoms with Crippen molar-refractivity contribution in [1.82, 2.24) is 20.5 Å². The molecular formula is C13H18N4OS. The van der Waals surface area contributed by atoms with Gasteiger partial charge in [0.05, 0.1) is 0 Å². The maximum atomic E-state index is 11.9. The SMILES string of the molecule is CC(C)(C)c1nc(C(=O)NCCc2cccs2)n[nH]1. The predicted molar refractivity (Wildman–Crippen MR) is 75.4 cm³/mol. The Balaban J connectivity index is 1.88. The van der Waals surface area contributed by atoms with Crippen LogP contribution in [0.3, 0.4) is 0 Å². The molecule has 0 aromatic carbocycles. The van der Waals surface area contributed by atoms with Gasteiger partial charge in [0, 0.05) is 16.8 Å². The number of aromatic nitrogens is 3. The Kier molecular flexibility index (Phi) is 3.99. The maximum absolute atomic E-state index is 11.9. The first-order chi connectivity index (χ1) is 8.97. The van der Waals surface area contributed by atoms with Crippen LogP contribution in [0.1, 0.15) is 42.1 Å². The van der Waals surface area contributed by atoms with Crippen molar-refractivity contribution >= 4 is 17.2 Å². The third kappa shape index (κ3) is 3.64. The molecule has 1 amide bonds. The molecule has 0 fully saturated rings. The van der Waals surface area contributed by atoms with E-state index in [1.54, 1.807) is 11.3 Å². The van der Waals surface area contributed by atoms with Gasteiger partial charge >= 0.3 is 0 Å². The molecule has 2 N–H and O–H groups in total. The van der Waals surface area contributed by atoms with Crippen molar-refractivity contribution in [2.75, 3.05) is 6.54 Å². The van der Waals surface area contributed by atoms with Crippen LogP contribution in [0.5, 0.6) is 0 Å². The first-order valence-electron chi connectivity index (χ1n) is 6.20. The minimum atomic E-state index is -0.233. The van der Waals surface area contributed by atoms with Crippen molar-refractivity contribution < 1.29 is 4.79 Å². The second-order valence-corrected chi connectivity index (χ2v) is 6.38. The summed E-state index contributed by atoms with van der Waals surface area (Å²) in [6.07, 6.45) is 0.833. The molecule has 0 bridgehead atoms. The Bertz CT molecular complexity index is 539. The molecule has 0 aliphatic rings. The van der Waals surface area contributed by atoms with Crippen LogP contribution in [-0.4, -0.2) is 27.6 Å². The van der Waals surface area contributed by atoms with Gasteiger partial charge in [0.2, 0.25) is 5.82 Å². The fourth-order valence-corrected chi connectivity index (χ4v) is 2.24. The highest BCUT2D eigenvalue weighted by Gasteiger charge is 2.20. The summed E-state index contributed by atoms with van der Waals surface area (Å²) in [5.41, 5.74) is -0.136. The molecule has 2 aromatic rings. The van der Waals surface area contributed by atoms with E-state index < -0.39 is 0 Å². The average molecular weight is 278 g/mol. The van der Waals surface area contributed by atoms with Gasteiger partial charge < -0.3 is 5.32 Å². The largest absolute Gasteiger partial charge is 0.349 e. The molecule has 0 aliphatic carbocycles. The van der Waals surface area contributed by atoms with Crippen LogP contribution in [0.2, 0.25) is 0 Å². The topological polar surface area (TPSA) is 70.7 Å². The van der Waals surface area contributed by atoms with Gasteiger partial charge in [-0.3, -0.25) is 9.89 Å². The van der Waals surface area contributed by atoms with E-state index in [0.29, 0.717) is 6.54 Å². The second kappa shape index (κ2) is 5.52. The summed E-state index contributed by atoms with van der Waals surface area (Å²) in [6.45, 7) is 6.66. The van der Waals surface area contributed by atoms with E-state index in [1.165, 1.54) is 4.88 Å². The molecule has 0 spiro atoms. The quantitative estimate of drug-likeness (QED) is 0.900. The minimum absolute atomic E-state index is 0.136. The zero-order chi connectivity index (χ0) is 13.9. The number of hydrogen-bond acceptors (Lipinski definition) is 4. The Morgan fingerprint density at radius 1 is 1.47 bits per heavy atom. The van der Waals surface area contributed by atoms with E-state index >= 15 is 0 Å². The van der Waals surface area contributed by atoms with Gasteiger partial charge in [-0.25, -0.2) is 4.98 Å². The Morgan fingerprint density at radius 3 is 2.84 bits per heavy atom. The zero-order valence-electron chi connectivity index (χ0n) is 11.4. The van der Waals surface area contributed by atoms with Crippen LogP contribution in [0, 0.1) is 0 Å². The predicted octanol–water partition coefficient (Wildman–Crippen LogP) is 2.14. The third-order valence-electron chi connectivity index (χ3n) is 2.64. The van der Waals surface area contributed by atoms with Crippen LogP contribution in [-0.2, 0) is 11.8 Å². The lowest BCUT2D eigenvalue weighted by Crippen LogP contribution is -2.26. The van der Waals surface area contributed by atoms with Gasteiger partial charge in [-0.05, 0) is 17.9 Å². The number of amides is 1. The summed E-state index contributed by atoms with van der Waals surface area (Å²) in [6, 6.07) is 4.06. The number of nitrogens with zero attached hydrogens (tertiary/aromatic N) is 2. The number of rotatable bonds is 4. The summed E-state index contributed by atoms with van der Waals surface area (Å²) in [5, 5.41) is 11.6. The van der Waals surface area contributed by atoms with Crippen LogP contribution < -0.4 is 5.32 Å². The molecule has 2 rings (SSSR count). The summed E-state index contributed by atoms with van der Waals surface area (Å²) in [7, 11) is 0. The van der Waals surface area contributed by atoms with Gasteiger partial charge in [-0.2, -0.15) is 0 Å². The molecule has 6 heteroatoms. The van der Waals surface area contributed by atoms with Crippen molar-refractivity contribution in [3.8, 4) is 0 Å². The summed E-state index contributed by atoms with van der Waals surface area (Å²) in [5.74, 6) is 0.690. The molecule has 2 heterocycles. The van der Waals surface area contributed by atoms with Gasteiger partial charge in [0.25, 0.3) is 5.91 Å². The second-order valence-electron chi connectivity index (χ2n) is 5.34. The fourth-order valence-electron chi connectivity index (χ4n) is 1.53. The number of hydrogen-bond donors (Lipinski definition) is 2. The molecule has 0 atom stereocenters. The molecule has 19 heavy (non-hydrogen) atoms. The van der Waals surface area contributed by atoms with Crippen molar-refractivity contribution in [1.29, 1.82) is 0 Å². The molecule has 102 valence electrons. The molecular weight excluding hydrogens is 260 g/mol. The van der Waals surface area contributed by atoms with E-state index in [1.807, 2.05) is 32.2 Å². The lowest BCUT2D eigenvalue weighted by Gasteiger charge is -2.12. The summed E-state index contributed by atoms with van der Waals surface area (Å²) in [4.78, 5) is 17.3. The molecule has 0 saturated heterocycles. The number of carbonyl (C=O) groups excluding carboxylic acids is 1. The highest BCUT2D eigenvalue weighted by atomic mass is 32.1. The van der Waals surface area contributed by atoms with Gasteiger partial charge in [0.15, 0.2) is 0 Å². The minimum Gasteiger partial charge on any atom is -0.349 e. The van der Waals surface area contributed by atoms with Crippen molar-refractivity contribution in [2.45, 2.75) is 32.6 Å². The van der Waals surface area contributed by atoms with Crippen LogP contribution in [0.4, 0.5) is 0 Å². The highest BCUT2D eigenvalue weighted by Crippen LogP contribution is 2.17. The molecule has 0 radical (unpaired) electrons. The van der Waals surface area contributed by atoms with Gasteiger partial charge in [0.1, 0.15) is 5.82 Å². The number of nitrogens with one attached hydrogen (secondary N) is 2. The van der Waals surface area contributed by atoms with Crippen molar-refractivity contribution in [3.05, 3.63) is 34.0 Å². The highest BCUT2D eigenvalue weighted by molar-refractivity contribution is 7.09. The maximum Gasteiger partial charge on any atom is 0.290 e. The number of H-pyrrole nitrogens is 1. The van der Waals surface area contributed by atoms with Crippen LogP contribution in [0.25, 0.3) is 0 Å². The fraction of sp³-hybridized carbons (Fsp3) is 0.462. The Hall–Kier alpha value is -1.69. The summed E-state index contributed by atoms with van der Waals surface area (Å²) < 4.78 is 0. The monoisotopic (exact) mass is 278 g/mol. The van der Waals surface area contributed by atoms with Gasteiger partial charge in [-0.15, -0.1) is 16.4 Å².